The van der Waals surface area contributed by atoms with Crippen LogP contribution in [0.1, 0.15) is 48.9 Å². The van der Waals surface area contributed by atoms with Gasteiger partial charge in [0.1, 0.15) is 35.4 Å². The van der Waals surface area contributed by atoms with Crippen molar-refractivity contribution in [2.75, 3.05) is 13.2 Å². The van der Waals surface area contributed by atoms with E-state index in [1.165, 1.54) is 0 Å². The van der Waals surface area contributed by atoms with Crippen molar-refractivity contribution in [3.8, 4) is 40.1 Å². The Kier molecular flexibility index (Phi) is 10.4. The molecule has 0 saturated carbocycles. The second-order valence-electron chi connectivity index (χ2n) is 10.4. The number of hydrogen-bond donors (Lipinski definition) is 0. The van der Waals surface area contributed by atoms with Crippen molar-refractivity contribution in [1.82, 2.24) is 5.16 Å². The molecule has 4 aromatic carbocycles. The van der Waals surface area contributed by atoms with E-state index in [0.29, 0.717) is 31.3 Å². The maximum Gasteiger partial charge on any atom is 0.170 e. The molecular formula is C37H39NO5. The topological polar surface area (TPSA) is 63.0 Å². The molecule has 0 bridgehead atoms. The smallest absolute Gasteiger partial charge is 0.170 e. The Morgan fingerprint density at radius 1 is 0.698 bits per heavy atom. The Morgan fingerprint density at radius 3 is 2.19 bits per heavy atom. The average molecular weight is 578 g/mol. The quantitative estimate of drug-likeness (QED) is 0.116. The Bertz CT molecular complexity index is 1580. The number of rotatable bonds is 15. The van der Waals surface area contributed by atoms with Crippen molar-refractivity contribution in [1.29, 1.82) is 0 Å². The number of benzene rings is 4. The Labute approximate surface area is 254 Å². The van der Waals surface area contributed by atoms with Crippen LogP contribution in [0.4, 0.5) is 0 Å². The fourth-order valence-corrected chi connectivity index (χ4v) is 4.90. The van der Waals surface area contributed by atoms with Crippen LogP contribution in [-0.2, 0) is 19.4 Å². The molecule has 6 heteroatoms. The first-order valence-corrected chi connectivity index (χ1v) is 15.0. The second-order valence-corrected chi connectivity index (χ2v) is 10.4. The van der Waals surface area contributed by atoms with Crippen molar-refractivity contribution in [2.45, 2.75) is 53.1 Å². The van der Waals surface area contributed by atoms with Crippen molar-refractivity contribution in [3.63, 3.8) is 0 Å². The zero-order valence-corrected chi connectivity index (χ0v) is 25.2. The molecule has 0 fully saturated rings. The number of ether oxygens (including phenoxy) is 4. The summed E-state index contributed by atoms with van der Waals surface area (Å²) >= 11 is 0. The van der Waals surface area contributed by atoms with Gasteiger partial charge in [-0.15, -0.1) is 0 Å². The first-order valence-electron chi connectivity index (χ1n) is 15.0. The molecule has 5 aromatic rings. The Hall–Kier alpha value is -4.71. The third kappa shape index (κ3) is 7.77. The van der Waals surface area contributed by atoms with Gasteiger partial charge < -0.3 is 23.5 Å². The first-order chi connectivity index (χ1) is 21.2. The lowest BCUT2D eigenvalue weighted by Crippen LogP contribution is -2.08. The molecule has 0 amide bonds. The van der Waals surface area contributed by atoms with E-state index in [-0.39, 0.29) is 0 Å². The predicted molar refractivity (Wildman–Crippen MR) is 169 cm³/mol. The molecule has 0 unspecified atom stereocenters. The lowest BCUT2D eigenvalue weighted by Gasteiger charge is -2.18. The third-order valence-electron chi connectivity index (χ3n) is 7.19. The van der Waals surface area contributed by atoms with E-state index >= 15 is 0 Å². The van der Waals surface area contributed by atoms with Gasteiger partial charge in [-0.3, -0.25) is 0 Å². The van der Waals surface area contributed by atoms with Gasteiger partial charge in [0.2, 0.25) is 0 Å². The average Bonchev–Trinajstić information content (AvgIpc) is 3.58. The first kappa shape index (κ1) is 29.8. The molecule has 0 spiro atoms. The Morgan fingerprint density at radius 2 is 1.44 bits per heavy atom. The van der Waals surface area contributed by atoms with Crippen molar-refractivity contribution in [3.05, 3.63) is 119 Å². The summed E-state index contributed by atoms with van der Waals surface area (Å²) < 4.78 is 30.6. The van der Waals surface area contributed by atoms with Gasteiger partial charge in [-0.05, 0) is 60.7 Å². The molecule has 43 heavy (non-hydrogen) atoms. The van der Waals surface area contributed by atoms with Crippen LogP contribution in [0.3, 0.4) is 0 Å². The number of para-hydroxylation sites is 1. The van der Waals surface area contributed by atoms with E-state index in [1.54, 1.807) is 6.20 Å². The van der Waals surface area contributed by atoms with Gasteiger partial charge in [0.05, 0.1) is 25.0 Å². The molecule has 0 radical (unpaired) electrons. The van der Waals surface area contributed by atoms with Crippen LogP contribution >= 0.6 is 0 Å². The molecule has 0 aliphatic heterocycles. The van der Waals surface area contributed by atoms with E-state index in [9.17, 15) is 0 Å². The molecule has 5 rings (SSSR count). The summed E-state index contributed by atoms with van der Waals surface area (Å²) in [6.07, 6.45) is 5.04. The van der Waals surface area contributed by atoms with Gasteiger partial charge in [-0.1, -0.05) is 80.0 Å². The largest absolute Gasteiger partial charge is 0.493 e. The highest BCUT2D eigenvalue weighted by Gasteiger charge is 2.17. The maximum atomic E-state index is 6.31. The van der Waals surface area contributed by atoms with E-state index in [2.05, 4.69) is 38.1 Å². The van der Waals surface area contributed by atoms with E-state index < -0.39 is 0 Å². The monoisotopic (exact) mass is 577 g/mol. The summed E-state index contributed by atoms with van der Waals surface area (Å²) in [6, 6.07) is 30.1. The lowest BCUT2D eigenvalue weighted by atomic mass is 10.0. The van der Waals surface area contributed by atoms with E-state index in [0.717, 1.165) is 76.5 Å². The van der Waals surface area contributed by atoms with Crippen molar-refractivity contribution >= 4 is 0 Å². The van der Waals surface area contributed by atoms with E-state index in [4.69, 9.17) is 23.5 Å². The molecule has 1 heterocycles. The van der Waals surface area contributed by atoms with E-state index in [1.807, 2.05) is 78.9 Å². The minimum absolute atomic E-state index is 0.438. The fourth-order valence-electron chi connectivity index (χ4n) is 4.90. The van der Waals surface area contributed by atoms with Crippen LogP contribution in [-0.4, -0.2) is 18.4 Å². The SMILES string of the molecule is CCCc1c(OCCCOc2cc(OCc3ccccc3)c(-c3ccno3)cc2CC)cccc1Oc1ccccc1C. The zero-order valence-electron chi connectivity index (χ0n) is 25.2. The van der Waals surface area contributed by atoms with Crippen molar-refractivity contribution < 1.29 is 23.5 Å². The Balaban J connectivity index is 1.24. The minimum atomic E-state index is 0.438. The van der Waals surface area contributed by atoms with Gasteiger partial charge in [0.25, 0.3) is 0 Å². The third-order valence-corrected chi connectivity index (χ3v) is 7.19. The van der Waals surface area contributed by atoms with Gasteiger partial charge >= 0.3 is 0 Å². The zero-order chi connectivity index (χ0) is 29.9. The number of hydrogen-bond acceptors (Lipinski definition) is 6. The molecule has 1 aromatic heterocycles. The van der Waals surface area contributed by atoms with Crippen LogP contribution in [0.2, 0.25) is 0 Å². The van der Waals surface area contributed by atoms with Crippen LogP contribution < -0.4 is 18.9 Å². The standard InChI is InChI=1S/C37H39NO5/c1-4-13-30-33(18-11-19-34(30)42-32-17-10-9-14-27(32)3)39-22-12-23-40-36-25-37(41-26-28-15-7-6-8-16-28)31(24-29(36)5-2)35-20-21-38-43-35/h6-11,14-21,24-25H,4-5,12-13,22-23,26H2,1-3H3. The summed E-state index contributed by atoms with van der Waals surface area (Å²) in [6.45, 7) is 7.81. The highest BCUT2D eigenvalue weighted by molar-refractivity contribution is 5.69. The van der Waals surface area contributed by atoms with Gasteiger partial charge in [-0.2, -0.15) is 0 Å². The maximum absolute atomic E-state index is 6.31. The van der Waals surface area contributed by atoms with Gasteiger partial charge in [-0.25, -0.2) is 0 Å². The predicted octanol–water partition coefficient (Wildman–Crippen LogP) is 9.38. The number of aryl methyl sites for hydroxylation is 2. The molecule has 0 N–H and O–H groups in total. The second kappa shape index (κ2) is 15.0. The van der Waals surface area contributed by atoms with Crippen LogP contribution in [0.5, 0.6) is 28.7 Å². The highest BCUT2D eigenvalue weighted by atomic mass is 16.5. The normalized spacial score (nSPS) is 10.9. The molecule has 222 valence electrons. The van der Waals surface area contributed by atoms with Crippen LogP contribution in [0.15, 0.2) is 102 Å². The summed E-state index contributed by atoms with van der Waals surface area (Å²) in [5, 5.41) is 3.90. The molecule has 0 saturated heterocycles. The minimum Gasteiger partial charge on any atom is -0.493 e. The summed E-state index contributed by atoms with van der Waals surface area (Å²) in [5.74, 6) is 4.71. The lowest BCUT2D eigenvalue weighted by molar-refractivity contribution is 0.243. The number of aromatic nitrogens is 1. The van der Waals surface area contributed by atoms with Gasteiger partial charge in [0.15, 0.2) is 5.76 Å². The molecular weight excluding hydrogens is 538 g/mol. The highest BCUT2D eigenvalue weighted by Crippen LogP contribution is 2.38. The van der Waals surface area contributed by atoms with Crippen LogP contribution in [0.25, 0.3) is 11.3 Å². The summed E-state index contributed by atoms with van der Waals surface area (Å²) in [5.41, 5.74) is 5.21. The van der Waals surface area contributed by atoms with Gasteiger partial charge in [0, 0.05) is 24.1 Å². The van der Waals surface area contributed by atoms with Crippen LogP contribution in [0, 0.1) is 6.92 Å². The number of nitrogens with zero attached hydrogens (tertiary/aromatic N) is 1. The van der Waals surface area contributed by atoms with Crippen molar-refractivity contribution in [2.24, 2.45) is 0 Å². The molecule has 6 nitrogen and oxygen atoms in total. The molecule has 0 atom stereocenters. The molecule has 0 aliphatic carbocycles. The fraction of sp³-hybridized carbons (Fsp3) is 0.270. The summed E-state index contributed by atoms with van der Waals surface area (Å²) in [7, 11) is 0. The summed E-state index contributed by atoms with van der Waals surface area (Å²) in [4.78, 5) is 0. The molecule has 0 aliphatic rings.